The molecule has 0 aliphatic carbocycles. The third-order valence-electron chi connectivity index (χ3n) is 2.30. The molecule has 0 aromatic carbocycles. The van der Waals surface area contributed by atoms with E-state index in [4.69, 9.17) is 0 Å². The second kappa shape index (κ2) is 24.6. The van der Waals surface area contributed by atoms with E-state index in [2.05, 4.69) is 0 Å². The van der Waals surface area contributed by atoms with Gasteiger partial charge in [0.1, 0.15) is 0 Å². The van der Waals surface area contributed by atoms with Crippen LogP contribution in [0.3, 0.4) is 0 Å². The minimum atomic E-state index is -0.963. The van der Waals surface area contributed by atoms with Crippen molar-refractivity contribution in [3.63, 3.8) is 0 Å². The van der Waals surface area contributed by atoms with Gasteiger partial charge in [0.05, 0.1) is 0 Å². The first kappa shape index (κ1) is 38.2. The fourth-order valence-electron chi connectivity index (χ4n) is 1.33. The Labute approximate surface area is 188 Å². The summed E-state index contributed by atoms with van der Waals surface area (Å²) < 4.78 is 0. The molecule has 0 aliphatic heterocycles. The maximum absolute atomic E-state index is 9.70. The van der Waals surface area contributed by atoms with Gasteiger partial charge in [-0.3, -0.25) is 0 Å². The van der Waals surface area contributed by atoms with E-state index in [0.717, 1.165) is 0 Å². The Balaban J connectivity index is -0.0000000873. The molecule has 1 radical (unpaired) electrons. The van der Waals surface area contributed by atoms with Gasteiger partial charge < -0.3 is 39.6 Å². The normalized spacial score (nSPS) is 9.24. The Kier molecular flexibility index (Phi) is 32.3. The van der Waals surface area contributed by atoms with Gasteiger partial charge in [-0.2, -0.15) is 0 Å². The fraction of sp³-hybridized carbons (Fsp3) is 0.800. The average molecular weight is 597 g/mol. The summed E-state index contributed by atoms with van der Waals surface area (Å²) in [5.74, 6) is -3.00. The summed E-state index contributed by atoms with van der Waals surface area (Å²) in [6.07, 6.45) is 0.667. The van der Waals surface area contributed by atoms with Crippen molar-refractivity contribution in [1.29, 1.82) is 0 Å². The summed E-state index contributed by atoms with van der Waals surface area (Å²) in [5.41, 5.74) is 0. The number of hydrogen-bond acceptors (Lipinski definition) is 8. The van der Waals surface area contributed by atoms with E-state index in [9.17, 15) is 39.6 Å². The van der Waals surface area contributed by atoms with Crippen molar-refractivity contribution in [2.24, 2.45) is 23.7 Å². The second-order valence-corrected chi connectivity index (χ2v) is 7.88. The molecule has 0 aliphatic rings. The molecule has 0 unspecified atom stereocenters. The zero-order valence-electron chi connectivity index (χ0n) is 18.7. The quantitative estimate of drug-likeness (QED) is 0.349. The third-order valence-corrected chi connectivity index (χ3v) is 2.30. The van der Waals surface area contributed by atoms with Crippen LogP contribution in [0.15, 0.2) is 0 Å². The SMILES string of the molecule is CC(C)CC(=O)[O-].CC(C)CC(=O)[O-].CC(C)CC(=O)[O-].CC(C)CC(=O)[O-].[Ir+4]. The molecule has 0 amide bonds. The van der Waals surface area contributed by atoms with Crippen LogP contribution >= 0.6 is 0 Å². The fourth-order valence-corrected chi connectivity index (χ4v) is 1.33. The summed E-state index contributed by atoms with van der Waals surface area (Å²) in [6, 6.07) is 0. The summed E-state index contributed by atoms with van der Waals surface area (Å²) in [6.45, 7) is 14.7. The van der Waals surface area contributed by atoms with E-state index in [1.807, 2.05) is 55.4 Å². The van der Waals surface area contributed by atoms with Crippen LogP contribution in [0.2, 0.25) is 0 Å². The average Bonchev–Trinajstić information content (AvgIpc) is 2.32. The maximum Gasteiger partial charge on any atom is 4.00 e. The van der Waals surface area contributed by atoms with E-state index in [0.29, 0.717) is 0 Å². The second-order valence-electron chi connectivity index (χ2n) is 7.88. The summed E-state index contributed by atoms with van der Waals surface area (Å²) >= 11 is 0. The van der Waals surface area contributed by atoms with Crippen molar-refractivity contribution in [1.82, 2.24) is 0 Å². The van der Waals surface area contributed by atoms with Gasteiger partial charge in [0.2, 0.25) is 0 Å². The number of carbonyl (C=O) groups excluding carboxylic acids is 4. The summed E-state index contributed by atoms with van der Waals surface area (Å²) in [4.78, 5) is 38.8. The minimum Gasteiger partial charge on any atom is -0.550 e. The van der Waals surface area contributed by atoms with Crippen molar-refractivity contribution in [2.45, 2.75) is 81.1 Å². The van der Waals surface area contributed by atoms with Crippen LogP contribution in [-0.4, -0.2) is 23.9 Å². The Morgan fingerprint density at radius 3 is 0.552 bits per heavy atom. The summed E-state index contributed by atoms with van der Waals surface area (Å²) in [5, 5.41) is 38.8. The van der Waals surface area contributed by atoms with Crippen LogP contribution in [0.4, 0.5) is 0 Å². The maximum atomic E-state index is 9.70. The molecule has 0 aromatic rings. The van der Waals surface area contributed by atoms with Gasteiger partial charge in [0.15, 0.2) is 0 Å². The van der Waals surface area contributed by atoms with Gasteiger partial charge in [-0.1, -0.05) is 55.4 Å². The molecule has 0 heterocycles. The predicted octanol–water partition coefficient (Wildman–Crippen LogP) is -0.873. The Morgan fingerprint density at radius 1 is 0.448 bits per heavy atom. The van der Waals surface area contributed by atoms with Gasteiger partial charge in [0, 0.05) is 23.9 Å². The van der Waals surface area contributed by atoms with E-state index in [-0.39, 0.29) is 69.5 Å². The molecule has 0 fully saturated rings. The molecule has 0 bridgehead atoms. The molecule has 8 nitrogen and oxygen atoms in total. The van der Waals surface area contributed by atoms with Crippen molar-refractivity contribution < 1.29 is 59.7 Å². The minimum absolute atomic E-state index is 0. The Hall–Kier alpha value is -1.47. The van der Waals surface area contributed by atoms with E-state index in [1.54, 1.807) is 0 Å². The van der Waals surface area contributed by atoms with Crippen LogP contribution in [0.25, 0.3) is 0 Å². The molecule has 0 rings (SSSR count). The van der Waals surface area contributed by atoms with Crippen LogP contribution in [-0.2, 0) is 39.3 Å². The third kappa shape index (κ3) is 75.6. The zero-order chi connectivity index (χ0) is 23.4. The molecular weight excluding hydrogens is 560 g/mol. The van der Waals surface area contributed by atoms with Crippen LogP contribution in [0.1, 0.15) is 81.1 Å². The topological polar surface area (TPSA) is 161 Å². The van der Waals surface area contributed by atoms with Gasteiger partial charge >= 0.3 is 20.1 Å². The first-order valence-corrected chi connectivity index (χ1v) is 9.30. The largest absolute Gasteiger partial charge is 4.00 e. The van der Waals surface area contributed by atoms with Crippen LogP contribution < -0.4 is 20.4 Å². The molecule has 0 saturated carbocycles. The number of carbonyl (C=O) groups is 4. The molecule has 0 spiro atoms. The molecule has 0 aromatic heterocycles. The number of rotatable bonds is 8. The number of carboxylic acids is 4. The zero-order valence-corrected chi connectivity index (χ0v) is 21.1. The van der Waals surface area contributed by atoms with Gasteiger partial charge in [-0.25, -0.2) is 0 Å². The van der Waals surface area contributed by atoms with E-state index < -0.39 is 23.9 Å². The van der Waals surface area contributed by atoms with Crippen molar-refractivity contribution in [3.05, 3.63) is 0 Å². The summed E-state index contributed by atoms with van der Waals surface area (Å²) in [7, 11) is 0. The molecule has 0 atom stereocenters. The van der Waals surface area contributed by atoms with Gasteiger partial charge in [-0.15, -0.1) is 0 Å². The molecule has 9 heteroatoms. The first-order chi connectivity index (χ1) is 12.5. The molecule has 29 heavy (non-hydrogen) atoms. The number of carboxylic acid groups (broad SMARTS) is 4. The molecular formula is C20H36IrO8. The number of aliphatic carboxylic acids is 4. The Bertz CT molecular complexity index is 352. The van der Waals surface area contributed by atoms with Crippen molar-refractivity contribution in [3.8, 4) is 0 Å². The smallest absolute Gasteiger partial charge is 0.550 e. The Morgan fingerprint density at radius 2 is 0.552 bits per heavy atom. The monoisotopic (exact) mass is 597 g/mol. The van der Waals surface area contributed by atoms with E-state index in [1.165, 1.54) is 0 Å². The van der Waals surface area contributed by atoms with Crippen molar-refractivity contribution >= 4 is 23.9 Å². The van der Waals surface area contributed by atoms with Crippen molar-refractivity contribution in [2.75, 3.05) is 0 Å². The van der Waals surface area contributed by atoms with Gasteiger partial charge in [-0.05, 0) is 49.4 Å². The van der Waals surface area contributed by atoms with Gasteiger partial charge in [0.25, 0.3) is 0 Å². The predicted molar refractivity (Wildman–Crippen MR) is 97.8 cm³/mol. The van der Waals surface area contributed by atoms with Crippen LogP contribution in [0.5, 0.6) is 0 Å². The number of hydrogen-bond donors (Lipinski definition) is 0. The van der Waals surface area contributed by atoms with Crippen LogP contribution in [0, 0.1) is 23.7 Å². The standard InChI is InChI=1S/4C5H10O2.Ir/c4*1-4(2)3-5(6)7;/h4*4H,3H2,1-2H3,(H,6,7);/q;;;;+4/p-4. The van der Waals surface area contributed by atoms with E-state index >= 15 is 0 Å². The molecule has 0 saturated heterocycles. The first-order valence-electron chi connectivity index (χ1n) is 9.30. The molecule has 173 valence electrons. The molecule has 0 N–H and O–H groups in total.